The molecule has 0 nitrogen and oxygen atoms in total. The van der Waals surface area contributed by atoms with E-state index in [9.17, 15) is 0 Å². The minimum Gasteiger partial charge on any atom is -1.00 e. The van der Waals surface area contributed by atoms with Crippen LogP contribution in [0.5, 0.6) is 0 Å². The van der Waals surface area contributed by atoms with Crippen LogP contribution in [0.1, 0.15) is 38.5 Å². The van der Waals surface area contributed by atoms with Crippen molar-refractivity contribution < 1.29 is 12.4 Å². The summed E-state index contributed by atoms with van der Waals surface area (Å²) in [5, 5.41) is 3.29. The summed E-state index contributed by atoms with van der Waals surface area (Å²) >= 11 is 19.6. The van der Waals surface area contributed by atoms with Crippen LogP contribution >= 0.6 is 34.8 Å². The lowest BCUT2D eigenvalue weighted by atomic mass is 10.00. The first kappa shape index (κ1) is 14.9. The van der Waals surface area contributed by atoms with Crippen molar-refractivity contribution in [1.82, 2.24) is 0 Å². The van der Waals surface area contributed by atoms with Gasteiger partial charge in [0, 0.05) is 23.7 Å². The SMILES string of the molecule is ClC1CCC(Cl)C2CCC3C(Cl)CCC1[S+]23.[Cl-]. The van der Waals surface area contributed by atoms with Gasteiger partial charge in [-0.3, -0.25) is 0 Å². The van der Waals surface area contributed by atoms with Crippen LogP contribution in [0.2, 0.25) is 0 Å². The van der Waals surface area contributed by atoms with E-state index in [0.29, 0.717) is 27.0 Å². The van der Waals surface area contributed by atoms with Gasteiger partial charge in [-0.15, -0.1) is 34.8 Å². The second-order valence-electron chi connectivity index (χ2n) is 5.30. The standard InChI is InChI=1S/C12H18Cl3S.ClH/c13-7-1-2-8(14)11-5-6-12-9(15)3-4-10(7)16(11)12;/h7-12H,1-6H2;1H/q+1;/p-1. The molecule has 0 bridgehead atoms. The van der Waals surface area contributed by atoms with Crippen LogP contribution in [-0.2, 0) is 10.9 Å². The highest BCUT2D eigenvalue weighted by atomic mass is 35.5. The molecular formula is C12H18Cl4S. The van der Waals surface area contributed by atoms with Gasteiger partial charge in [-0.25, -0.2) is 0 Å². The van der Waals surface area contributed by atoms with Crippen LogP contribution in [0.25, 0.3) is 0 Å². The van der Waals surface area contributed by atoms with Crippen LogP contribution in [0, 0.1) is 0 Å². The van der Waals surface area contributed by atoms with Gasteiger partial charge in [0.15, 0.2) is 0 Å². The molecule has 0 aromatic heterocycles. The van der Waals surface area contributed by atoms with Gasteiger partial charge in [0.25, 0.3) is 0 Å². The molecule has 0 saturated carbocycles. The Morgan fingerprint density at radius 3 is 1.29 bits per heavy atom. The van der Waals surface area contributed by atoms with E-state index in [4.69, 9.17) is 34.8 Å². The minimum absolute atomic E-state index is 0. The molecule has 3 aliphatic heterocycles. The van der Waals surface area contributed by atoms with Crippen LogP contribution in [0.3, 0.4) is 0 Å². The molecule has 5 heteroatoms. The molecule has 0 aliphatic carbocycles. The molecule has 17 heavy (non-hydrogen) atoms. The minimum atomic E-state index is 0. The van der Waals surface area contributed by atoms with Gasteiger partial charge in [0.05, 0.1) is 16.1 Å². The monoisotopic (exact) mass is 334 g/mol. The average Bonchev–Trinajstić information content (AvgIpc) is 2.67. The summed E-state index contributed by atoms with van der Waals surface area (Å²) in [5.74, 6) is 0. The van der Waals surface area contributed by atoms with E-state index in [1.165, 1.54) is 25.7 Å². The summed E-state index contributed by atoms with van der Waals surface area (Å²) in [6.07, 6.45) is 7.22. The lowest BCUT2D eigenvalue weighted by Gasteiger charge is -2.32. The Bertz CT molecular complexity index is 275. The van der Waals surface area contributed by atoms with Gasteiger partial charge in [-0.1, -0.05) is 0 Å². The topological polar surface area (TPSA) is 0 Å². The maximum Gasteiger partial charge on any atom is 0.135 e. The molecule has 100 valence electrons. The smallest absolute Gasteiger partial charge is 0.135 e. The van der Waals surface area contributed by atoms with E-state index in [-0.39, 0.29) is 12.4 Å². The maximum atomic E-state index is 6.57. The van der Waals surface area contributed by atoms with E-state index < -0.39 is 0 Å². The molecule has 0 N–H and O–H groups in total. The third kappa shape index (κ3) is 2.57. The van der Waals surface area contributed by atoms with E-state index in [0.717, 1.165) is 28.6 Å². The first-order chi connectivity index (χ1) is 7.68. The Morgan fingerprint density at radius 2 is 0.882 bits per heavy atom. The van der Waals surface area contributed by atoms with Crippen molar-refractivity contribution in [3.05, 3.63) is 0 Å². The third-order valence-corrected chi connectivity index (χ3v) is 10.2. The summed E-state index contributed by atoms with van der Waals surface area (Å²) in [6, 6.07) is 0. The molecule has 0 spiro atoms. The Labute approximate surface area is 128 Å². The zero-order chi connectivity index (χ0) is 11.3. The molecule has 3 fully saturated rings. The summed E-state index contributed by atoms with van der Waals surface area (Å²) in [7, 11) is 0.416. The van der Waals surface area contributed by atoms with Crippen LogP contribution in [0.4, 0.5) is 0 Å². The second-order valence-corrected chi connectivity index (χ2v) is 9.62. The summed E-state index contributed by atoms with van der Waals surface area (Å²) in [5.41, 5.74) is 0. The predicted molar refractivity (Wildman–Crippen MR) is 75.4 cm³/mol. The van der Waals surface area contributed by atoms with Crippen molar-refractivity contribution in [3.8, 4) is 0 Å². The second kappa shape index (κ2) is 5.87. The summed E-state index contributed by atoms with van der Waals surface area (Å²) in [4.78, 5) is 0. The van der Waals surface area contributed by atoms with E-state index in [1.807, 2.05) is 0 Å². The van der Waals surface area contributed by atoms with Crippen LogP contribution in [-0.4, -0.2) is 31.9 Å². The number of rotatable bonds is 0. The van der Waals surface area contributed by atoms with Crippen molar-refractivity contribution in [1.29, 1.82) is 0 Å². The molecule has 3 aliphatic rings. The highest BCUT2D eigenvalue weighted by molar-refractivity contribution is 7.99. The normalized spacial score (nSPS) is 53.5. The van der Waals surface area contributed by atoms with Crippen LogP contribution < -0.4 is 12.4 Å². The van der Waals surface area contributed by atoms with Gasteiger partial charge in [0.2, 0.25) is 0 Å². The number of halogens is 4. The zero-order valence-corrected chi connectivity index (χ0v) is 13.5. The van der Waals surface area contributed by atoms with Crippen molar-refractivity contribution in [2.45, 2.75) is 70.4 Å². The summed E-state index contributed by atoms with van der Waals surface area (Å²) < 4.78 is 0. The van der Waals surface area contributed by atoms with Gasteiger partial charge in [0.1, 0.15) is 15.7 Å². The lowest BCUT2D eigenvalue weighted by molar-refractivity contribution is -0.00000296. The highest BCUT2D eigenvalue weighted by Gasteiger charge is 2.59. The number of hydrogen-bond acceptors (Lipinski definition) is 0. The molecule has 0 aromatic carbocycles. The third-order valence-electron chi connectivity index (χ3n) is 4.44. The van der Waals surface area contributed by atoms with Gasteiger partial charge < -0.3 is 12.4 Å². The number of alkyl halides is 3. The Hall–Kier alpha value is 1.51. The van der Waals surface area contributed by atoms with Crippen molar-refractivity contribution in [3.63, 3.8) is 0 Å². The molecule has 7 unspecified atom stereocenters. The Kier molecular flexibility index (Phi) is 5.15. The largest absolute Gasteiger partial charge is 1.00 e. The van der Waals surface area contributed by atoms with Crippen LogP contribution in [0.15, 0.2) is 0 Å². The molecule has 0 aromatic rings. The van der Waals surface area contributed by atoms with E-state index >= 15 is 0 Å². The fraction of sp³-hybridized carbons (Fsp3) is 1.00. The van der Waals surface area contributed by atoms with E-state index in [1.54, 1.807) is 0 Å². The lowest BCUT2D eigenvalue weighted by Crippen LogP contribution is -3.00. The van der Waals surface area contributed by atoms with Crippen molar-refractivity contribution in [2.24, 2.45) is 0 Å². The molecule has 3 saturated heterocycles. The predicted octanol–water partition coefficient (Wildman–Crippen LogP) is 0.918. The van der Waals surface area contributed by atoms with Gasteiger partial charge in [-0.05, 0) is 25.7 Å². The van der Waals surface area contributed by atoms with Gasteiger partial charge >= 0.3 is 0 Å². The first-order valence-electron chi connectivity index (χ1n) is 6.31. The highest BCUT2D eigenvalue weighted by Crippen LogP contribution is 2.49. The van der Waals surface area contributed by atoms with Crippen molar-refractivity contribution >= 4 is 45.7 Å². The van der Waals surface area contributed by atoms with Crippen molar-refractivity contribution in [2.75, 3.05) is 0 Å². The first-order valence-corrected chi connectivity index (χ1v) is 9.03. The molecule has 7 atom stereocenters. The Balaban J connectivity index is 0.00000108. The maximum absolute atomic E-state index is 6.57. The quantitative estimate of drug-likeness (QED) is 0.456. The summed E-state index contributed by atoms with van der Waals surface area (Å²) in [6.45, 7) is 0. The molecule has 0 radical (unpaired) electrons. The fourth-order valence-corrected chi connectivity index (χ4v) is 9.49. The molecule has 0 amide bonds. The zero-order valence-electron chi connectivity index (χ0n) is 9.63. The molecular weight excluding hydrogens is 318 g/mol. The van der Waals surface area contributed by atoms with Gasteiger partial charge in [-0.2, -0.15) is 0 Å². The molecule has 3 rings (SSSR count). The Morgan fingerprint density at radius 1 is 0.588 bits per heavy atom. The number of hydrogen-bond donors (Lipinski definition) is 0. The average molecular weight is 336 g/mol. The molecule has 3 heterocycles. The fourth-order valence-electron chi connectivity index (χ4n) is 3.66. The van der Waals surface area contributed by atoms with E-state index in [2.05, 4.69) is 0 Å².